The zero-order valence-electron chi connectivity index (χ0n) is 12.0. The van der Waals surface area contributed by atoms with Crippen molar-refractivity contribution in [2.45, 2.75) is 31.6 Å². The molecular weight excluding hydrogens is 264 g/mol. The van der Waals surface area contributed by atoms with Gasteiger partial charge in [0, 0.05) is 49.7 Å². The van der Waals surface area contributed by atoms with Crippen LogP contribution in [0.2, 0.25) is 0 Å². The van der Waals surface area contributed by atoms with Crippen molar-refractivity contribution in [1.29, 1.82) is 0 Å². The molecule has 0 aromatic carbocycles. The Hall–Kier alpha value is -2.17. The van der Waals surface area contributed by atoms with Crippen molar-refractivity contribution in [1.82, 2.24) is 20.1 Å². The van der Waals surface area contributed by atoms with Gasteiger partial charge in [-0.15, -0.1) is 0 Å². The third-order valence-corrected chi connectivity index (χ3v) is 4.16. The molecule has 1 fully saturated rings. The molecule has 0 radical (unpaired) electrons. The van der Waals surface area contributed by atoms with Crippen LogP contribution in [-0.4, -0.2) is 39.1 Å². The van der Waals surface area contributed by atoms with E-state index in [0.29, 0.717) is 12.3 Å². The predicted molar refractivity (Wildman–Crippen MR) is 79.7 cm³/mol. The van der Waals surface area contributed by atoms with Crippen LogP contribution in [0.4, 0.5) is 0 Å². The van der Waals surface area contributed by atoms with Crippen LogP contribution in [0.25, 0.3) is 0 Å². The summed E-state index contributed by atoms with van der Waals surface area (Å²) in [6.07, 6.45) is 8.75. The Morgan fingerprint density at radius 1 is 1.29 bits per heavy atom. The molecule has 3 rings (SSSR count). The molecular formula is C16H20N4O. The lowest BCUT2D eigenvalue weighted by Gasteiger charge is -2.31. The first kappa shape index (κ1) is 13.8. The van der Waals surface area contributed by atoms with Crippen LogP contribution >= 0.6 is 0 Å². The summed E-state index contributed by atoms with van der Waals surface area (Å²) in [5, 5.41) is 7.04. The largest absolute Gasteiger partial charge is 0.343 e. The second-order valence-electron chi connectivity index (χ2n) is 5.53. The first-order valence-electron chi connectivity index (χ1n) is 7.49. The number of carbonyl (C=O) groups excluding carboxylic acids is 1. The molecule has 0 unspecified atom stereocenters. The summed E-state index contributed by atoms with van der Waals surface area (Å²) >= 11 is 0. The predicted octanol–water partition coefficient (Wildman–Crippen LogP) is 2.14. The Bertz CT molecular complexity index is 559. The molecule has 5 nitrogen and oxygen atoms in total. The molecule has 1 amide bonds. The van der Waals surface area contributed by atoms with Crippen LogP contribution in [0.3, 0.4) is 0 Å². The molecule has 1 saturated heterocycles. The lowest BCUT2D eigenvalue weighted by atomic mass is 9.93. The fourth-order valence-corrected chi connectivity index (χ4v) is 2.89. The van der Waals surface area contributed by atoms with E-state index in [-0.39, 0.29) is 5.91 Å². The molecule has 0 atom stereocenters. The SMILES string of the molecule is O=C(CCc1cccnc1)N1CCC(c2ccn[nH]2)CC1. The Balaban J connectivity index is 1.47. The quantitative estimate of drug-likeness (QED) is 0.935. The van der Waals surface area contributed by atoms with Crippen molar-refractivity contribution in [3.8, 4) is 0 Å². The first-order chi connectivity index (χ1) is 10.3. The minimum absolute atomic E-state index is 0.252. The van der Waals surface area contributed by atoms with E-state index in [1.54, 1.807) is 12.4 Å². The number of likely N-dealkylation sites (tertiary alicyclic amines) is 1. The second-order valence-corrected chi connectivity index (χ2v) is 5.53. The highest BCUT2D eigenvalue weighted by Crippen LogP contribution is 2.26. The highest BCUT2D eigenvalue weighted by molar-refractivity contribution is 5.76. The average molecular weight is 284 g/mol. The van der Waals surface area contributed by atoms with E-state index in [2.05, 4.69) is 15.2 Å². The number of amides is 1. The van der Waals surface area contributed by atoms with Crippen LogP contribution in [-0.2, 0) is 11.2 Å². The Morgan fingerprint density at radius 2 is 2.14 bits per heavy atom. The molecule has 2 aromatic heterocycles. The van der Waals surface area contributed by atoms with Crippen LogP contribution in [0.1, 0.15) is 36.4 Å². The van der Waals surface area contributed by atoms with Gasteiger partial charge in [-0.3, -0.25) is 14.9 Å². The van der Waals surface area contributed by atoms with Crippen molar-refractivity contribution in [3.63, 3.8) is 0 Å². The fourth-order valence-electron chi connectivity index (χ4n) is 2.89. The van der Waals surface area contributed by atoms with E-state index in [1.165, 1.54) is 5.69 Å². The van der Waals surface area contributed by atoms with Gasteiger partial charge >= 0.3 is 0 Å². The van der Waals surface area contributed by atoms with Crippen LogP contribution in [0.15, 0.2) is 36.8 Å². The number of nitrogens with one attached hydrogen (secondary N) is 1. The summed E-state index contributed by atoms with van der Waals surface area (Å²) in [6, 6.07) is 5.96. The molecule has 0 spiro atoms. The summed E-state index contributed by atoms with van der Waals surface area (Å²) in [5.41, 5.74) is 2.32. The minimum atomic E-state index is 0.252. The lowest BCUT2D eigenvalue weighted by molar-refractivity contribution is -0.132. The highest BCUT2D eigenvalue weighted by atomic mass is 16.2. The number of aromatic nitrogens is 3. The van der Waals surface area contributed by atoms with Gasteiger partial charge in [-0.05, 0) is 37.0 Å². The molecule has 5 heteroatoms. The van der Waals surface area contributed by atoms with Gasteiger partial charge in [-0.1, -0.05) is 6.07 Å². The molecule has 0 aliphatic carbocycles. The van der Waals surface area contributed by atoms with E-state index in [0.717, 1.165) is 37.9 Å². The number of aryl methyl sites for hydroxylation is 1. The van der Waals surface area contributed by atoms with Crippen LogP contribution in [0, 0.1) is 0 Å². The highest BCUT2D eigenvalue weighted by Gasteiger charge is 2.24. The summed E-state index contributed by atoms with van der Waals surface area (Å²) in [4.78, 5) is 18.3. The molecule has 3 heterocycles. The maximum atomic E-state index is 12.2. The van der Waals surface area contributed by atoms with Gasteiger partial charge in [-0.2, -0.15) is 5.10 Å². The Kier molecular flexibility index (Phi) is 4.28. The van der Waals surface area contributed by atoms with E-state index < -0.39 is 0 Å². The Labute approximate surface area is 124 Å². The first-order valence-corrected chi connectivity index (χ1v) is 7.49. The third kappa shape index (κ3) is 3.48. The third-order valence-electron chi connectivity index (χ3n) is 4.16. The topological polar surface area (TPSA) is 61.9 Å². The molecule has 2 aromatic rings. The molecule has 21 heavy (non-hydrogen) atoms. The van der Waals surface area contributed by atoms with E-state index in [9.17, 15) is 4.79 Å². The molecule has 1 aliphatic rings. The Morgan fingerprint density at radius 3 is 2.81 bits per heavy atom. The molecule has 0 bridgehead atoms. The van der Waals surface area contributed by atoms with Gasteiger partial charge in [-0.25, -0.2) is 0 Å². The zero-order valence-corrected chi connectivity index (χ0v) is 12.0. The summed E-state index contributed by atoms with van der Waals surface area (Å²) in [7, 11) is 0. The standard InChI is InChI=1S/C16H20N4O/c21-16(4-3-13-2-1-8-17-12-13)20-10-6-14(7-11-20)15-5-9-18-19-15/h1-2,5,8-9,12,14H,3-4,6-7,10-11H2,(H,18,19). The maximum absolute atomic E-state index is 12.2. The van der Waals surface area contributed by atoms with Crippen molar-refractivity contribution in [2.75, 3.05) is 13.1 Å². The molecule has 110 valence electrons. The van der Waals surface area contributed by atoms with Gasteiger partial charge in [0.15, 0.2) is 0 Å². The number of rotatable bonds is 4. The average Bonchev–Trinajstić information content (AvgIpc) is 3.08. The van der Waals surface area contributed by atoms with Gasteiger partial charge in [0.25, 0.3) is 0 Å². The number of H-pyrrole nitrogens is 1. The normalized spacial score (nSPS) is 16.1. The minimum Gasteiger partial charge on any atom is -0.343 e. The molecule has 1 aliphatic heterocycles. The summed E-state index contributed by atoms with van der Waals surface area (Å²) < 4.78 is 0. The van der Waals surface area contributed by atoms with Gasteiger partial charge in [0.2, 0.25) is 5.91 Å². The maximum Gasteiger partial charge on any atom is 0.222 e. The number of hydrogen-bond acceptors (Lipinski definition) is 3. The second kappa shape index (κ2) is 6.52. The monoisotopic (exact) mass is 284 g/mol. The smallest absolute Gasteiger partial charge is 0.222 e. The van der Waals surface area contributed by atoms with Gasteiger partial charge in [0.1, 0.15) is 0 Å². The van der Waals surface area contributed by atoms with Crippen molar-refractivity contribution in [3.05, 3.63) is 48.0 Å². The summed E-state index contributed by atoms with van der Waals surface area (Å²) in [6.45, 7) is 1.69. The number of piperidine rings is 1. The number of hydrogen-bond donors (Lipinski definition) is 1. The zero-order chi connectivity index (χ0) is 14.5. The molecule has 0 saturated carbocycles. The van der Waals surface area contributed by atoms with E-state index >= 15 is 0 Å². The van der Waals surface area contributed by atoms with E-state index in [1.807, 2.05) is 29.3 Å². The van der Waals surface area contributed by atoms with Gasteiger partial charge < -0.3 is 4.90 Å². The fraction of sp³-hybridized carbons (Fsp3) is 0.438. The number of carbonyl (C=O) groups is 1. The van der Waals surface area contributed by atoms with E-state index in [4.69, 9.17) is 0 Å². The molecule has 1 N–H and O–H groups in total. The van der Waals surface area contributed by atoms with Crippen LogP contribution in [0.5, 0.6) is 0 Å². The van der Waals surface area contributed by atoms with Crippen molar-refractivity contribution < 1.29 is 4.79 Å². The van der Waals surface area contributed by atoms with Gasteiger partial charge in [0.05, 0.1) is 0 Å². The number of pyridine rings is 1. The van der Waals surface area contributed by atoms with Crippen LogP contribution < -0.4 is 0 Å². The number of aromatic amines is 1. The van der Waals surface area contributed by atoms with Crippen molar-refractivity contribution >= 4 is 5.91 Å². The lowest BCUT2D eigenvalue weighted by Crippen LogP contribution is -2.38. The number of nitrogens with zero attached hydrogens (tertiary/aromatic N) is 3. The summed E-state index contributed by atoms with van der Waals surface area (Å²) in [5.74, 6) is 0.761. The van der Waals surface area contributed by atoms with Crippen molar-refractivity contribution in [2.24, 2.45) is 0 Å².